The molecule has 0 heterocycles. The third-order valence-corrected chi connectivity index (χ3v) is 2.95. The van der Waals surface area contributed by atoms with Gasteiger partial charge in [-0.15, -0.1) is 0 Å². The molecule has 0 saturated carbocycles. The maximum absolute atomic E-state index is 11.6. The van der Waals surface area contributed by atoms with Crippen LogP contribution in [0.3, 0.4) is 0 Å². The molecule has 0 fully saturated rings. The Morgan fingerprint density at radius 3 is 1.89 bits per heavy atom. The van der Waals surface area contributed by atoms with Gasteiger partial charge in [-0.1, -0.05) is 41.5 Å². The van der Waals surface area contributed by atoms with Crippen LogP contribution in [-0.2, 0) is 10.8 Å². The van der Waals surface area contributed by atoms with Crippen LogP contribution in [0.4, 0.5) is 0 Å². The van der Waals surface area contributed by atoms with E-state index in [0.717, 1.165) is 11.1 Å². The lowest BCUT2D eigenvalue weighted by atomic mass is 9.73. The lowest BCUT2D eigenvalue weighted by Gasteiger charge is -2.31. The van der Waals surface area contributed by atoms with Crippen molar-refractivity contribution in [3.05, 3.63) is 28.8 Å². The van der Waals surface area contributed by atoms with E-state index in [1.807, 2.05) is 20.8 Å². The van der Waals surface area contributed by atoms with Crippen molar-refractivity contribution in [2.75, 3.05) is 0 Å². The highest BCUT2D eigenvalue weighted by Gasteiger charge is 2.30. The fraction of sp³-hybridized carbons (Fsp3) is 0.533. The number of nitrogens with two attached hydrogens (primary N) is 1. The van der Waals surface area contributed by atoms with Crippen LogP contribution >= 0.6 is 0 Å². The van der Waals surface area contributed by atoms with Gasteiger partial charge in [0.1, 0.15) is 5.75 Å². The van der Waals surface area contributed by atoms with Crippen molar-refractivity contribution in [2.24, 2.45) is 5.73 Å². The highest BCUT2D eigenvalue weighted by molar-refractivity contribution is 5.95. The van der Waals surface area contributed by atoms with Crippen molar-refractivity contribution in [3.63, 3.8) is 0 Å². The average molecular weight is 249 g/mol. The first-order valence-electron chi connectivity index (χ1n) is 6.12. The number of hydrogen-bond acceptors (Lipinski definition) is 2. The molecule has 0 aromatic heterocycles. The standard InChI is InChI=1S/C15H23NO2/c1-14(2,3)11-8-9(17)7-10(13(16)18)12(11)15(4,5)6/h7-8,17H,1-6H3,(H2,16,18). The van der Waals surface area contributed by atoms with Crippen LogP contribution in [-0.4, -0.2) is 11.0 Å². The number of rotatable bonds is 1. The maximum Gasteiger partial charge on any atom is 0.249 e. The number of amides is 1. The van der Waals surface area contributed by atoms with Crippen molar-refractivity contribution < 1.29 is 9.90 Å². The monoisotopic (exact) mass is 249 g/mol. The van der Waals surface area contributed by atoms with E-state index in [1.165, 1.54) is 6.07 Å². The number of carbonyl (C=O) groups excluding carboxylic acids is 1. The molecular weight excluding hydrogens is 226 g/mol. The van der Waals surface area contributed by atoms with Crippen LogP contribution < -0.4 is 5.73 Å². The number of phenolic OH excluding ortho intramolecular Hbond substituents is 1. The number of primary amides is 1. The zero-order valence-electron chi connectivity index (χ0n) is 12.1. The first-order chi connectivity index (χ1) is 7.94. The van der Waals surface area contributed by atoms with E-state index >= 15 is 0 Å². The van der Waals surface area contributed by atoms with Gasteiger partial charge in [0.25, 0.3) is 0 Å². The summed E-state index contributed by atoms with van der Waals surface area (Å²) < 4.78 is 0. The number of hydrogen-bond donors (Lipinski definition) is 2. The number of phenols is 1. The van der Waals surface area contributed by atoms with Crippen molar-refractivity contribution in [1.82, 2.24) is 0 Å². The van der Waals surface area contributed by atoms with Crippen LogP contribution in [0.1, 0.15) is 63.0 Å². The zero-order chi connectivity index (χ0) is 14.3. The summed E-state index contributed by atoms with van der Waals surface area (Å²) in [5, 5.41) is 9.79. The second kappa shape index (κ2) is 4.30. The van der Waals surface area contributed by atoms with E-state index < -0.39 is 5.91 Å². The van der Waals surface area contributed by atoms with Gasteiger partial charge in [0.2, 0.25) is 5.91 Å². The van der Waals surface area contributed by atoms with Crippen molar-refractivity contribution in [2.45, 2.75) is 52.4 Å². The topological polar surface area (TPSA) is 63.3 Å². The number of aromatic hydroxyl groups is 1. The molecule has 1 amide bonds. The Morgan fingerprint density at radius 2 is 1.56 bits per heavy atom. The Hall–Kier alpha value is -1.51. The summed E-state index contributed by atoms with van der Waals surface area (Å²) in [6.45, 7) is 12.3. The van der Waals surface area contributed by atoms with Gasteiger partial charge < -0.3 is 10.8 Å². The van der Waals surface area contributed by atoms with E-state index in [0.29, 0.717) is 5.56 Å². The minimum atomic E-state index is -0.499. The SMILES string of the molecule is CC(C)(C)c1cc(O)cc(C(N)=O)c1C(C)(C)C. The molecule has 100 valence electrons. The van der Waals surface area contributed by atoms with Gasteiger partial charge in [0.15, 0.2) is 0 Å². The van der Waals surface area contributed by atoms with E-state index in [1.54, 1.807) is 6.07 Å². The molecule has 3 N–H and O–H groups in total. The summed E-state index contributed by atoms with van der Waals surface area (Å²) in [5.74, 6) is -0.414. The maximum atomic E-state index is 11.6. The summed E-state index contributed by atoms with van der Waals surface area (Å²) >= 11 is 0. The van der Waals surface area contributed by atoms with Gasteiger partial charge in [-0.05, 0) is 34.1 Å². The van der Waals surface area contributed by atoms with E-state index in [-0.39, 0.29) is 16.6 Å². The first kappa shape index (κ1) is 14.6. The van der Waals surface area contributed by atoms with Crippen molar-refractivity contribution >= 4 is 5.91 Å². The van der Waals surface area contributed by atoms with E-state index in [2.05, 4.69) is 20.8 Å². The number of carbonyl (C=O) groups is 1. The molecule has 0 radical (unpaired) electrons. The van der Waals surface area contributed by atoms with Gasteiger partial charge >= 0.3 is 0 Å². The summed E-state index contributed by atoms with van der Waals surface area (Å²) in [4.78, 5) is 11.6. The summed E-state index contributed by atoms with van der Waals surface area (Å²) in [6, 6.07) is 3.19. The third-order valence-electron chi connectivity index (χ3n) is 2.95. The van der Waals surface area contributed by atoms with Gasteiger partial charge in [0, 0.05) is 5.56 Å². The molecule has 0 bridgehead atoms. The smallest absolute Gasteiger partial charge is 0.249 e. The molecule has 18 heavy (non-hydrogen) atoms. The Kier molecular flexibility index (Phi) is 3.48. The van der Waals surface area contributed by atoms with Crippen molar-refractivity contribution in [1.29, 1.82) is 0 Å². The predicted molar refractivity (Wildman–Crippen MR) is 74.0 cm³/mol. The minimum Gasteiger partial charge on any atom is -0.508 e. The van der Waals surface area contributed by atoms with Gasteiger partial charge in [-0.2, -0.15) is 0 Å². The minimum absolute atomic E-state index is 0.0849. The Morgan fingerprint density at radius 1 is 1.06 bits per heavy atom. The van der Waals surface area contributed by atoms with Crippen LogP contribution in [0.25, 0.3) is 0 Å². The molecule has 1 aromatic carbocycles. The molecule has 3 heteroatoms. The Labute approximate surface area is 109 Å². The molecule has 0 aliphatic rings. The van der Waals surface area contributed by atoms with Crippen LogP contribution in [0.15, 0.2) is 12.1 Å². The second-order valence-electron chi connectivity index (χ2n) is 6.78. The van der Waals surface area contributed by atoms with E-state index in [9.17, 15) is 9.90 Å². The molecule has 0 atom stereocenters. The summed E-state index contributed by atoms with van der Waals surface area (Å²) in [6.07, 6.45) is 0. The molecule has 1 aromatic rings. The highest BCUT2D eigenvalue weighted by atomic mass is 16.3. The molecule has 1 rings (SSSR count). The van der Waals surface area contributed by atoms with Crippen molar-refractivity contribution in [3.8, 4) is 5.75 Å². The average Bonchev–Trinajstić information content (AvgIpc) is 2.12. The second-order valence-corrected chi connectivity index (χ2v) is 6.78. The molecule has 0 unspecified atom stereocenters. The van der Waals surface area contributed by atoms with Crippen LogP contribution in [0.2, 0.25) is 0 Å². The molecule has 0 aliphatic heterocycles. The third kappa shape index (κ3) is 2.84. The summed E-state index contributed by atoms with van der Waals surface area (Å²) in [5.41, 5.74) is 7.36. The molecular formula is C15H23NO2. The summed E-state index contributed by atoms with van der Waals surface area (Å²) in [7, 11) is 0. The fourth-order valence-electron chi connectivity index (χ4n) is 2.22. The Balaban J connectivity index is 3.76. The molecule has 0 aliphatic carbocycles. The zero-order valence-corrected chi connectivity index (χ0v) is 12.1. The van der Waals surface area contributed by atoms with Gasteiger partial charge in [0.05, 0.1) is 0 Å². The Bertz CT molecular complexity index is 476. The highest BCUT2D eigenvalue weighted by Crippen LogP contribution is 2.38. The fourth-order valence-corrected chi connectivity index (χ4v) is 2.22. The van der Waals surface area contributed by atoms with Crippen LogP contribution in [0.5, 0.6) is 5.75 Å². The predicted octanol–water partition coefficient (Wildman–Crippen LogP) is 3.09. The quantitative estimate of drug-likeness (QED) is 0.803. The lowest BCUT2D eigenvalue weighted by molar-refractivity contribution is 0.0997. The van der Waals surface area contributed by atoms with Crippen LogP contribution in [0, 0.1) is 0 Å². The van der Waals surface area contributed by atoms with Gasteiger partial charge in [-0.25, -0.2) is 0 Å². The first-order valence-corrected chi connectivity index (χ1v) is 6.12. The lowest BCUT2D eigenvalue weighted by Crippen LogP contribution is -2.27. The number of benzene rings is 1. The molecule has 0 spiro atoms. The molecule has 0 saturated heterocycles. The van der Waals surface area contributed by atoms with E-state index in [4.69, 9.17) is 5.73 Å². The van der Waals surface area contributed by atoms with Gasteiger partial charge in [-0.3, -0.25) is 4.79 Å². The largest absolute Gasteiger partial charge is 0.508 e. The normalized spacial score (nSPS) is 12.6. The molecule has 3 nitrogen and oxygen atoms in total.